The quantitative estimate of drug-likeness (QED) is 0.841. The molecule has 1 aromatic rings. The Morgan fingerprint density at radius 3 is 2.27 bits per heavy atom. The summed E-state index contributed by atoms with van der Waals surface area (Å²) in [5.41, 5.74) is -0.965. The average molecular weight is 317 g/mol. The van der Waals surface area contributed by atoms with E-state index in [1.807, 2.05) is 0 Å². The Labute approximate surface area is 126 Å². The summed E-state index contributed by atoms with van der Waals surface area (Å²) in [6, 6.07) is 0.767. The molecule has 3 amide bonds. The minimum absolute atomic E-state index is 0.269. The number of halogens is 3. The van der Waals surface area contributed by atoms with Crippen molar-refractivity contribution in [2.24, 2.45) is 0 Å². The molecular formula is C14H18F3N3O2. The van der Waals surface area contributed by atoms with Gasteiger partial charge in [0.1, 0.15) is 6.54 Å². The van der Waals surface area contributed by atoms with Gasteiger partial charge in [-0.05, 0) is 32.9 Å². The van der Waals surface area contributed by atoms with E-state index in [0.29, 0.717) is 6.07 Å². The Morgan fingerprint density at radius 1 is 1.14 bits per heavy atom. The number of benzene rings is 1. The lowest BCUT2D eigenvalue weighted by Crippen LogP contribution is -2.47. The molecule has 2 N–H and O–H groups in total. The van der Waals surface area contributed by atoms with Crippen LogP contribution in [0.5, 0.6) is 0 Å². The first-order valence-corrected chi connectivity index (χ1v) is 6.48. The van der Waals surface area contributed by atoms with Crippen LogP contribution in [-0.4, -0.2) is 36.0 Å². The molecule has 0 aliphatic carbocycles. The van der Waals surface area contributed by atoms with E-state index < -0.39 is 40.6 Å². The minimum atomic E-state index is -1.68. The zero-order valence-electron chi connectivity index (χ0n) is 12.8. The van der Waals surface area contributed by atoms with E-state index in [1.54, 1.807) is 20.8 Å². The van der Waals surface area contributed by atoms with Crippen molar-refractivity contribution in [1.29, 1.82) is 0 Å². The highest BCUT2D eigenvalue weighted by atomic mass is 19.2. The minimum Gasteiger partial charge on any atom is -0.350 e. The number of nitrogens with one attached hydrogen (secondary N) is 2. The van der Waals surface area contributed by atoms with E-state index in [0.717, 1.165) is 11.0 Å². The van der Waals surface area contributed by atoms with Crippen molar-refractivity contribution >= 4 is 17.6 Å². The summed E-state index contributed by atoms with van der Waals surface area (Å²) in [5, 5.41) is 4.72. The molecule has 1 rings (SSSR count). The lowest BCUT2D eigenvalue weighted by atomic mass is 10.1. The first-order valence-electron chi connectivity index (χ1n) is 6.48. The highest BCUT2D eigenvalue weighted by molar-refractivity contribution is 5.92. The second-order valence-corrected chi connectivity index (χ2v) is 5.81. The molecule has 0 bridgehead atoms. The van der Waals surface area contributed by atoms with Crippen LogP contribution in [0.3, 0.4) is 0 Å². The summed E-state index contributed by atoms with van der Waals surface area (Å²) in [4.78, 5) is 24.5. The molecule has 5 nitrogen and oxygen atoms in total. The van der Waals surface area contributed by atoms with Crippen molar-refractivity contribution in [3.05, 3.63) is 29.6 Å². The monoisotopic (exact) mass is 317 g/mol. The highest BCUT2D eigenvalue weighted by Crippen LogP contribution is 2.19. The number of nitrogens with zero attached hydrogens (tertiary/aromatic N) is 1. The van der Waals surface area contributed by atoms with Crippen LogP contribution in [0.15, 0.2) is 12.1 Å². The molecule has 0 spiro atoms. The molecule has 0 heterocycles. The van der Waals surface area contributed by atoms with Crippen molar-refractivity contribution in [2.45, 2.75) is 26.3 Å². The Bertz CT molecular complexity index is 585. The van der Waals surface area contributed by atoms with Crippen molar-refractivity contribution in [1.82, 2.24) is 10.2 Å². The maximum atomic E-state index is 13.4. The topological polar surface area (TPSA) is 61.4 Å². The molecule has 0 aromatic heterocycles. The molecule has 122 valence electrons. The van der Waals surface area contributed by atoms with E-state index in [4.69, 9.17) is 0 Å². The fourth-order valence-corrected chi connectivity index (χ4v) is 1.58. The summed E-state index contributed by atoms with van der Waals surface area (Å²) in [7, 11) is 1.31. The molecule has 8 heteroatoms. The number of carbonyl (C=O) groups excluding carboxylic acids is 2. The summed E-state index contributed by atoms with van der Waals surface area (Å²) >= 11 is 0. The van der Waals surface area contributed by atoms with Crippen molar-refractivity contribution in [3.8, 4) is 0 Å². The van der Waals surface area contributed by atoms with Crippen LogP contribution in [0.2, 0.25) is 0 Å². The number of rotatable bonds is 3. The fraction of sp³-hybridized carbons (Fsp3) is 0.429. The molecule has 0 atom stereocenters. The molecule has 0 saturated carbocycles. The van der Waals surface area contributed by atoms with Crippen LogP contribution in [-0.2, 0) is 4.79 Å². The van der Waals surface area contributed by atoms with Crippen LogP contribution < -0.4 is 10.6 Å². The Kier molecular flexibility index (Phi) is 5.40. The molecule has 0 fully saturated rings. The van der Waals surface area contributed by atoms with E-state index in [9.17, 15) is 22.8 Å². The van der Waals surface area contributed by atoms with Gasteiger partial charge < -0.3 is 15.5 Å². The number of anilines is 1. The van der Waals surface area contributed by atoms with Gasteiger partial charge in [-0.2, -0.15) is 0 Å². The Balaban J connectivity index is 2.69. The normalized spacial score (nSPS) is 11.0. The van der Waals surface area contributed by atoms with Crippen LogP contribution in [0.1, 0.15) is 20.8 Å². The maximum absolute atomic E-state index is 13.4. The third-order valence-electron chi connectivity index (χ3n) is 2.52. The summed E-state index contributed by atoms with van der Waals surface area (Å²) < 4.78 is 39.3. The summed E-state index contributed by atoms with van der Waals surface area (Å²) in [6.07, 6.45) is 0. The second kappa shape index (κ2) is 6.67. The van der Waals surface area contributed by atoms with Crippen LogP contribution in [0.25, 0.3) is 0 Å². The lowest BCUT2D eigenvalue weighted by Gasteiger charge is -2.23. The van der Waals surface area contributed by atoms with E-state index in [2.05, 4.69) is 10.6 Å². The van der Waals surface area contributed by atoms with Gasteiger partial charge in [0.05, 0.1) is 5.69 Å². The number of likely N-dealkylation sites (N-methyl/N-ethyl adjacent to an activating group) is 1. The predicted molar refractivity (Wildman–Crippen MR) is 75.9 cm³/mol. The van der Waals surface area contributed by atoms with Gasteiger partial charge in [-0.15, -0.1) is 0 Å². The van der Waals surface area contributed by atoms with Gasteiger partial charge in [0.2, 0.25) is 5.91 Å². The average Bonchev–Trinajstić information content (AvgIpc) is 2.37. The number of carbonyl (C=O) groups is 2. The molecule has 0 aliphatic rings. The van der Waals surface area contributed by atoms with Crippen molar-refractivity contribution in [2.75, 3.05) is 18.9 Å². The third kappa shape index (κ3) is 4.94. The van der Waals surface area contributed by atoms with Gasteiger partial charge in [-0.3, -0.25) is 4.79 Å². The first kappa shape index (κ1) is 17.8. The second-order valence-electron chi connectivity index (χ2n) is 5.81. The number of urea groups is 1. The molecular weight excluding hydrogens is 299 g/mol. The van der Waals surface area contributed by atoms with Gasteiger partial charge in [-0.25, -0.2) is 18.0 Å². The van der Waals surface area contributed by atoms with Gasteiger partial charge in [0.15, 0.2) is 17.5 Å². The number of hydrogen-bond acceptors (Lipinski definition) is 2. The third-order valence-corrected chi connectivity index (χ3v) is 2.52. The summed E-state index contributed by atoms with van der Waals surface area (Å²) in [5.74, 6) is -4.93. The van der Waals surface area contributed by atoms with Gasteiger partial charge in [0, 0.05) is 12.6 Å². The number of hydrogen-bond donors (Lipinski definition) is 2. The molecule has 0 radical (unpaired) electrons. The smallest absolute Gasteiger partial charge is 0.322 e. The van der Waals surface area contributed by atoms with Crippen molar-refractivity contribution in [3.63, 3.8) is 0 Å². The van der Waals surface area contributed by atoms with E-state index in [-0.39, 0.29) is 6.54 Å². The van der Waals surface area contributed by atoms with Crippen LogP contribution in [0, 0.1) is 17.5 Å². The standard InChI is InChI=1S/C14H18F3N3O2/c1-14(2,3)19-10(21)7-20(4)13(22)18-9-6-5-8(15)11(16)12(9)17/h5-6H,7H2,1-4H3,(H,18,22)(H,19,21). The molecule has 22 heavy (non-hydrogen) atoms. The molecule has 0 aliphatic heterocycles. The van der Waals surface area contributed by atoms with Gasteiger partial charge in [0.25, 0.3) is 0 Å². The number of amides is 3. The maximum Gasteiger partial charge on any atom is 0.322 e. The molecule has 0 unspecified atom stereocenters. The molecule has 0 saturated heterocycles. The van der Waals surface area contributed by atoms with Crippen LogP contribution >= 0.6 is 0 Å². The SMILES string of the molecule is CN(CC(=O)NC(C)(C)C)C(=O)Nc1ccc(F)c(F)c1F. The van der Waals surface area contributed by atoms with Gasteiger partial charge in [-0.1, -0.05) is 0 Å². The Morgan fingerprint density at radius 2 is 1.73 bits per heavy atom. The summed E-state index contributed by atoms with van der Waals surface area (Å²) in [6.45, 7) is 5.07. The first-order chi connectivity index (χ1) is 10.0. The van der Waals surface area contributed by atoms with Gasteiger partial charge >= 0.3 is 6.03 Å². The fourth-order valence-electron chi connectivity index (χ4n) is 1.58. The van der Waals surface area contributed by atoms with E-state index >= 15 is 0 Å². The van der Waals surface area contributed by atoms with Crippen LogP contribution in [0.4, 0.5) is 23.7 Å². The van der Waals surface area contributed by atoms with Crippen molar-refractivity contribution < 1.29 is 22.8 Å². The zero-order valence-corrected chi connectivity index (χ0v) is 12.8. The zero-order chi connectivity index (χ0) is 17.1. The molecule has 1 aromatic carbocycles. The highest BCUT2D eigenvalue weighted by Gasteiger charge is 2.20. The lowest BCUT2D eigenvalue weighted by molar-refractivity contribution is -0.122. The predicted octanol–water partition coefficient (Wildman–Crippen LogP) is 2.48. The largest absolute Gasteiger partial charge is 0.350 e. The Hall–Kier alpha value is -2.25. The van der Waals surface area contributed by atoms with E-state index in [1.165, 1.54) is 7.05 Å².